The highest BCUT2D eigenvalue weighted by Crippen LogP contribution is 2.39. The fourth-order valence-corrected chi connectivity index (χ4v) is 4.40. The zero-order valence-electron chi connectivity index (χ0n) is 14.9. The van der Waals surface area contributed by atoms with E-state index in [1.807, 2.05) is 17.5 Å². The van der Waals surface area contributed by atoms with Gasteiger partial charge in [0.05, 0.1) is 26.5 Å². The second-order valence-electron chi connectivity index (χ2n) is 6.44. The van der Waals surface area contributed by atoms with Crippen molar-refractivity contribution in [1.82, 2.24) is 19.9 Å². The fraction of sp³-hybridized carbons (Fsp3) is 0.278. The maximum Gasteiger partial charge on any atom is 0.259 e. The second-order valence-corrected chi connectivity index (χ2v) is 8.58. The molecule has 1 aromatic carbocycles. The van der Waals surface area contributed by atoms with Crippen LogP contribution in [0.15, 0.2) is 28.1 Å². The Balaban J connectivity index is 1.39. The van der Waals surface area contributed by atoms with Crippen molar-refractivity contribution in [2.24, 2.45) is 0 Å². The lowest BCUT2D eigenvalue weighted by Gasteiger charge is -2.34. The number of benzene rings is 1. The minimum Gasteiger partial charge on any atom is -0.505 e. The summed E-state index contributed by atoms with van der Waals surface area (Å²) in [6.07, 6.45) is 0. The Labute approximate surface area is 185 Å². The molecule has 2 aromatic heterocycles. The van der Waals surface area contributed by atoms with Crippen LogP contribution in [-0.2, 0) is 6.54 Å². The average Bonchev–Trinajstić information content (AvgIpc) is 3.39. The molecule has 1 aliphatic heterocycles. The number of rotatable bonds is 4. The van der Waals surface area contributed by atoms with Crippen molar-refractivity contribution in [2.45, 2.75) is 6.54 Å². The van der Waals surface area contributed by atoms with Gasteiger partial charge >= 0.3 is 0 Å². The molecule has 0 aliphatic carbocycles. The lowest BCUT2D eigenvalue weighted by atomic mass is 10.1. The van der Waals surface area contributed by atoms with Gasteiger partial charge in [-0.2, -0.15) is 4.98 Å². The molecule has 29 heavy (non-hydrogen) atoms. The largest absolute Gasteiger partial charge is 0.505 e. The Kier molecular flexibility index (Phi) is 5.98. The van der Waals surface area contributed by atoms with Gasteiger partial charge in [0.2, 0.25) is 11.7 Å². The van der Waals surface area contributed by atoms with Gasteiger partial charge in [-0.1, -0.05) is 46.0 Å². The first kappa shape index (κ1) is 20.4. The van der Waals surface area contributed by atoms with Crippen molar-refractivity contribution in [2.75, 3.05) is 26.2 Å². The molecule has 1 fully saturated rings. The molecular weight excluding hydrogens is 459 g/mol. The molecule has 1 N–H and O–H groups in total. The van der Waals surface area contributed by atoms with Crippen molar-refractivity contribution >= 4 is 52.0 Å². The van der Waals surface area contributed by atoms with Crippen LogP contribution in [0.5, 0.6) is 5.75 Å². The van der Waals surface area contributed by atoms with Crippen LogP contribution < -0.4 is 0 Å². The number of thiophene rings is 1. The molecule has 3 heterocycles. The fourth-order valence-electron chi connectivity index (χ4n) is 3.06. The highest BCUT2D eigenvalue weighted by molar-refractivity contribution is 7.13. The van der Waals surface area contributed by atoms with E-state index in [9.17, 15) is 9.90 Å². The van der Waals surface area contributed by atoms with E-state index in [1.54, 1.807) is 16.2 Å². The van der Waals surface area contributed by atoms with Crippen molar-refractivity contribution in [3.8, 4) is 16.5 Å². The zero-order chi connectivity index (χ0) is 20.5. The highest BCUT2D eigenvalue weighted by Gasteiger charge is 2.28. The lowest BCUT2D eigenvalue weighted by Crippen LogP contribution is -2.48. The SMILES string of the molecule is O=C(c1c(O)c(Cl)cc(Cl)c1Cl)N1CCN(Cc2nc(-c3cccs3)no2)CC1. The molecule has 0 atom stereocenters. The third-order valence-electron chi connectivity index (χ3n) is 4.59. The van der Waals surface area contributed by atoms with Crippen LogP contribution >= 0.6 is 46.1 Å². The second kappa shape index (κ2) is 8.49. The molecule has 0 spiro atoms. The topological polar surface area (TPSA) is 82.7 Å². The van der Waals surface area contributed by atoms with E-state index < -0.39 is 5.91 Å². The molecule has 11 heteroatoms. The molecular formula is C18H15Cl3N4O3S. The van der Waals surface area contributed by atoms with Crippen LogP contribution in [0, 0.1) is 0 Å². The molecule has 1 amide bonds. The number of carbonyl (C=O) groups is 1. The third-order valence-corrected chi connectivity index (χ3v) is 6.53. The van der Waals surface area contributed by atoms with Crippen LogP contribution in [0.25, 0.3) is 10.7 Å². The van der Waals surface area contributed by atoms with Gasteiger partial charge in [-0.05, 0) is 17.5 Å². The number of piperazine rings is 1. The van der Waals surface area contributed by atoms with E-state index in [4.69, 9.17) is 39.3 Å². The molecule has 7 nitrogen and oxygen atoms in total. The van der Waals surface area contributed by atoms with Crippen LogP contribution in [0.4, 0.5) is 0 Å². The van der Waals surface area contributed by atoms with Gasteiger partial charge in [-0.15, -0.1) is 11.3 Å². The number of nitrogens with zero attached hydrogens (tertiary/aromatic N) is 4. The summed E-state index contributed by atoms with van der Waals surface area (Å²) in [4.78, 5) is 21.9. The Morgan fingerprint density at radius 1 is 1.21 bits per heavy atom. The van der Waals surface area contributed by atoms with Crippen LogP contribution in [0.2, 0.25) is 15.1 Å². The van der Waals surface area contributed by atoms with Crippen molar-refractivity contribution in [3.63, 3.8) is 0 Å². The van der Waals surface area contributed by atoms with Gasteiger partial charge in [0.1, 0.15) is 11.3 Å². The summed E-state index contributed by atoms with van der Waals surface area (Å²) >= 11 is 19.6. The minimum absolute atomic E-state index is 0.00652. The number of amides is 1. The van der Waals surface area contributed by atoms with Crippen molar-refractivity contribution in [1.29, 1.82) is 0 Å². The predicted octanol–water partition coefficient (Wildman–Crippen LogP) is 4.42. The van der Waals surface area contributed by atoms with E-state index in [-0.39, 0.29) is 26.4 Å². The van der Waals surface area contributed by atoms with Gasteiger partial charge < -0.3 is 14.5 Å². The zero-order valence-corrected chi connectivity index (χ0v) is 18.0. The lowest BCUT2D eigenvalue weighted by molar-refractivity contribution is 0.0612. The summed E-state index contributed by atoms with van der Waals surface area (Å²) in [5, 5.41) is 16.2. The summed E-state index contributed by atoms with van der Waals surface area (Å²) in [5.41, 5.74) is -0.0740. The number of aromatic hydroxyl groups is 1. The van der Waals surface area contributed by atoms with E-state index >= 15 is 0 Å². The third kappa shape index (κ3) is 4.22. The van der Waals surface area contributed by atoms with Crippen LogP contribution in [0.1, 0.15) is 16.2 Å². The number of hydrogen-bond acceptors (Lipinski definition) is 7. The Hall–Kier alpha value is -1.84. The standard InChI is InChI=1S/C18H15Cl3N4O3S/c19-10-8-11(20)16(26)14(15(10)21)18(27)25-5-3-24(4-6-25)9-13-22-17(23-28-13)12-2-1-7-29-12/h1-2,7-8,26H,3-6,9H2. The number of carbonyl (C=O) groups excluding carboxylic acids is 1. The maximum absolute atomic E-state index is 12.9. The molecule has 152 valence electrons. The average molecular weight is 474 g/mol. The molecule has 3 aromatic rings. The summed E-state index contributed by atoms with van der Waals surface area (Å²) in [6.45, 7) is 2.61. The molecule has 1 saturated heterocycles. The summed E-state index contributed by atoms with van der Waals surface area (Å²) in [7, 11) is 0. The number of phenolic OH excluding ortho intramolecular Hbond substituents is 1. The monoisotopic (exact) mass is 472 g/mol. The van der Waals surface area contributed by atoms with E-state index in [0.717, 1.165) is 4.88 Å². The number of aromatic nitrogens is 2. The van der Waals surface area contributed by atoms with Gasteiger partial charge in [0, 0.05) is 26.2 Å². The summed E-state index contributed by atoms with van der Waals surface area (Å²) in [6, 6.07) is 5.18. The van der Waals surface area contributed by atoms with Gasteiger partial charge in [-0.3, -0.25) is 9.69 Å². The Morgan fingerprint density at radius 3 is 2.66 bits per heavy atom. The Morgan fingerprint density at radius 2 is 1.97 bits per heavy atom. The van der Waals surface area contributed by atoms with E-state index in [0.29, 0.717) is 44.4 Å². The Bertz CT molecular complexity index is 1010. The molecule has 4 rings (SSSR count). The quantitative estimate of drug-likeness (QED) is 0.565. The number of halogens is 3. The van der Waals surface area contributed by atoms with Crippen LogP contribution in [-0.4, -0.2) is 57.1 Å². The number of phenols is 1. The smallest absolute Gasteiger partial charge is 0.259 e. The molecule has 0 bridgehead atoms. The molecule has 0 saturated carbocycles. The molecule has 1 aliphatic rings. The van der Waals surface area contributed by atoms with Crippen LogP contribution in [0.3, 0.4) is 0 Å². The first-order chi connectivity index (χ1) is 13.9. The number of hydrogen-bond donors (Lipinski definition) is 1. The van der Waals surface area contributed by atoms with E-state index in [1.165, 1.54) is 6.07 Å². The van der Waals surface area contributed by atoms with Gasteiger partial charge in [0.15, 0.2) is 0 Å². The predicted molar refractivity (Wildman–Crippen MR) is 112 cm³/mol. The molecule has 0 radical (unpaired) electrons. The maximum atomic E-state index is 12.9. The summed E-state index contributed by atoms with van der Waals surface area (Å²) < 4.78 is 5.34. The van der Waals surface area contributed by atoms with Crippen molar-refractivity contribution in [3.05, 3.63) is 50.1 Å². The first-order valence-electron chi connectivity index (χ1n) is 8.68. The molecule has 0 unspecified atom stereocenters. The summed E-state index contributed by atoms with van der Waals surface area (Å²) in [5.74, 6) is 0.331. The van der Waals surface area contributed by atoms with Gasteiger partial charge in [0.25, 0.3) is 5.91 Å². The van der Waals surface area contributed by atoms with E-state index in [2.05, 4.69) is 15.0 Å². The normalized spacial score (nSPS) is 15.1. The first-order valence-corrected chi connectivity index (χ1v) is 10.7. The van der Waals surface area contributed by atoms with Gasteiger partial charge in [-0.25, -0.2) is 0 Å². The highest BCUT2D eigenvalue weighted by atomic mass is 35.5. The van der Waals surface area contributed by atoms with Crippen molar-refractivity contribution < 1.29 is 14.4 Å². The minimum atomic E-state index is -0.408.